The molecule has 0 unspecified atom stereocenters. The maximum Gasteiger partial charge on any atom is 0.108 e. The number of nitrogens with one attached hydrogen (secondary N) is 1. The van der Waals surface area contributed by atoms with Crippen LogP contribution in [-0.4, -0.2) is 44.2 Å². The van der Waals surface area contributed by atoms with Gasteiger partial charge < -0.3 is 10.1 Å². The molecule has 2 aromatic carbocycles. The normalized spacial score (nSPS) is 15.3. The Balaban J connectivity index is 0.00000192. The van der Waals surface area contributed by atoms with E-state index in [1.54, 1.807) is 0 Å². The van der Waals surface area contributed by atoms with E-state index >= 15 is 0 Å². The number of benzene rings is 2. The first kappa shape index (κ1) is 18.0. The molecule has 1 aliphatic rings. The van der Waals surface area contributed by atoms with Crippen LogP contribution in [0.25, 0.3) is 0 Å². The van der Waals surface area contributed by atoms with Crippen LogP contribution in [0, 0.1) is 0 Å². The first-order valence-electron chi connectivity index (χ1n) is 8.08. The Labute approximate surface area is 145 Å². The molecule has 0 bridgehead atoms. The molecule has 0 spiro atoms. The van der Waals surface area contributed by atoms with Crippen molar-refractivity contribution in [2.45, 2.75) is 6.10 Å². The predicted octanol–water partition coefficient (Wildman–Crippen LogP) is 3.12. The summed E-state index contributed by atoms with van der Waals surface area (Å²) in [5.41, 5.74) is 2.43. The maximum atomic E-state index is 6.25. The Morgan fingerprint density at radius 3 is 1.91 bits per heavy atom. The minimum absolute atomic E-state index is 0. The van der Waals surface area contributed by atoms with Crippen LogP contribution in [0.15, 0.2) is 60.7 Å². The molecule has 0 aromatic heterocycles. The minimum Gasteiger partial charge on any atom is -0.367 e. The van der Waals surface area contributed by atoms with Crippen LogP contribution in [0.1, 0.15) is 17.2 Å². The van der Waals surface area contributed by atoms with E-state index in [-0.39, 0.29) is 18.5 Å². The molecule has 2 aromatic rings. The zero-order valence-corrected chi connectivity index (χ0v) is 14.2. The Morgan fingerprint density at radius 1 is 0.870 bits per heavy atom. The van der Waals surface area contributed by atoms with Gasteiger partial charge in [-0.05, 0) is 11.1 Å². The molecule has 1 fully saturated rings. The highest BCUT2D eigenvalue weighted by Crippen LogP contribution is 2.25. The number of piperazine rings is 1. The van der Waals surface area contributed by atoms with Crippen molar-refractivity contribution in [2.75, 3.05) is 39.3 Å². The number of hydrogen-bond donors (Lipinski definition) is 1. The van der Waals surface area contributed by atoms with Crippen molar-refractivity contribution < 1.29 is 4.74 Å². The van der Waals surface area contributed by atoms with Gasteiger partial charge in [0.05, 0.1) is 6.61 Å². The summed E-state index contributed by atoms with van der Waals surface area (Å²) in [6.45, 7) is 6.16. The SMILES string of the molecule is Cl.c1ccc(C(OCCN2CCNCC2)c2ccccc2)cc1. The summed E-state index contributed by atoms with van der Waals surface area (Å²) < 4.78 is 6.25. The minimum atomic E-state index is 0. The first-order valence-corrected chi connectivity index (χ1v) is 8.08. The van der Waals surface area contributed by atoms with Crippen LogP contribution in [-0.2, 0) is 4.74 Å². The third kappa shape index (κ3) is 5.33. The third-order valence-electron chi connectivity index (χ3n) is 4.11. The Kier molecular flexibility index (Phi) is 7.56. The standard InChI is InChI=1S/C19H24N2O.ClH/c1-3-7-17(8-4-1)19(18-9-5-2-6-10-18)22-16-15-21-13-11-20-12-14-21;/h1-10,19-20H,11-16H2;1H. The van der Waals surface area contributed by atoms with Gasteiger partial charge >= 0.3 is 0 Å². The molecule has 1 saturated heterocycles. The topological polar surface area (TPSA) is 24.5 Å². The lowest BCUT2D eigenvalue weighted by Gasteiger charge is -2.28. The van der Waals surface area contributed by atoms with Gasteiger partial charge in [-0.15, -0.1) is 12.4 Å². The number of hydrogen-bond acceptors (Lipinski definition) is 3. The van der Waals surface area contributed by atoms with Gasteiger partial charge in [-0.3, -0.25) is 4.90 Å². The zero-order valence-electron chi connectivity index (χ0n) is 13.4. The van der Waals surface area contributed by atoms with E-state index in [0.717, 1.165) is 39.3 Å². The molecule has 1 aliphatic heterocycles. The van der Waals surface area contributed by atoms with Gasteiger partial charge in [0.15, 0.2) is 0 Å². The van der Waals surface area contributed by atoms with Crippen molar-refractivity contribution in [3.05, 3.63) is 71.8 Å². The second-order valence-corrected chi connectivity index (χ2v) is 5.66. The average molecular weight is 333 g/mol. The van der Waals surface area contributed by atoms with E-state index in [9.17, 15) is 0 Å². The van der Waals surface area contributed by atoms with E-state index in [2.05, 4.69) is 58.7 Å². The summed E-state index contributed by atoms with van der Waals surface area (Å²) in [5.74, 6) is 0. The van der Waals surface area contributed by atoms with Crippen LogP contribution in [0.5, 0.6) is 0 Å². The second-order valence-electron chi connectivity index (χ2n) is 5.66. The molecular weight excluding hydrogens is 308 g/mol. The fourth-order valence-corrected chi connectivity index (χ4v) is 2.87. The number of ether oxygens (including phenoxy) is 1. The van der Waals surface area contributed by atoms with Gasteiger partial charge in [0.25, 0.3) is 0 Å². The molecule has 0 radical (unpaired) electrons. The van der Waals surface area contributed by atoms with E-state index in [1.165, 1.54) is 11.1 Å². The largest absolute Gasteiger partial charge is 0.367 e. The molecule has 4 heteroatoms. The first-order chi connectivity index (χ1) is 10.9. The molecule has 0 aliphatic carbocycles. The van der Waals surface area contributed by atoms with Gasteiger partial charge in [0.1, 0.15) is 6.10 Å². The smallest absolute Gasteiger partial charge is 0.108 e. The summed E-state index contributed by atoms with van der Waals surface area (Å²) in [7, 11) is 0. The lowest BCUT2D eigenvalue weighted by Crippen LogP contribution is -2.44. The van der Waals surface area contributed by atoms with Crippen molar-refractivity contribution in [1.29, 1.82) is 0 Å². The highest BCUT2D eigenvalue weighted by Gasteiger charge is 2.15. The predicted molar refractivity (Wildman–Crippen MR) is 97.2 cm³/mol. The highest BCUT2D eigenvalue weighted by molar-refractivity contribution is 5.85. The quantitative estimate of drug-likeness (QED) is 0.879. The third-order valence-corrected chi connectivity index (χ3v) is 4.11. The fraction of sp³-hybridized carbons (Fsp3) is 0.368. The van der Waals surface area contributed by atoms with Crippen molar-refractivity contribution in [1.82, 2.24) is 10.2 Å². The van der Waals surface area contributed by atoms with Gasteiger partial charge in [-0.2, -0.15) is 0 Å². The fourth-order valence-electron chi connectivity index (χ4n) is 2.87. The van der Waals surface area contributed by atoms with E-state index in [0.29, 0.717) is 0 Å². The van der Waals surface area contributed by atoms with E-state index < -0.39 is 0 Å². The zero-order chi connectivity index (χ0) is 15.0. The van der Waals surface area contributed by atoms with Gasteiger partial charge in [0.2, 0.25) is 0 Å². The molecule has 1 N–H and O–H groups in total. The summed E-state index contributed by atoms with van der Waals surface area (Å²) in [4.78, 5) is 2.46. The van der Waals surface area contributed by atoms with Gasteiger partial charge in [0, 0.05) is 32.7 Å². The number of rotatable bonds is 6. The molecule has 3 nitrogen and oxygen atoms in total. The molecule has 0 saturated carbocycles. The lowest BCUT2D eigenvalue weighted by atomic mass is 10.0. The summed E-state index contributed by atoms with van der Waals surface area (Å²) >= 11 is 0. The van der Waals surface area contributed by atoms with Gasteiger partial charge in [-0.25, -0.2) is 0 Å². The lowest BCUT2D eigenvalue weighted by molar-refractivity contribution is 0.0573. The van der Waals surface area contributed by atoms with Crippen molar-refractivity contribution in [3.63, 3.8) is 0 Å². The van der Waals surface area contributed by atoms with Crippen molar-refractivity contribution in [3.8, 4) is 0 Å². The Bertz CT molecular complexity index is 504. The Hall–Kier alpha value is -1.39. The number of halogens is 1. The molecule has 0 amide bonds. The van der Waals surface area contributed by atoms with E-state index in [1.807, 2.05) is 12.1 Å². The van der Waals surface area contributed by atoms with Crippen LogP contribution in [0.4, 0.5) is 0 Å². The van der Waals surface area contributed by atoms with Crippen molar-refractivity contribution >= 4 is 12.4 Å². The molecular formula is C19H25ClN2O. The Morgan fingerprint density at radius 2 is 1.39 bits per heavy atom. The van der Waals surface area contributed by atoms with Crippen LogP contribution < -0.4 is 5.32 Å². The second kappa shape index (κ2) is 9.68. The molecule has 1 heterocycles. The monoisotopic (exact) mass is 332 g/mol. The summed E-state index contributed by atoms with van der Waals surface area (Å²) in [5, 5.41) is 3.38. The highest BCUT2D eigenvalue weighted by atomic mass is 35.5. The molecule has 23 heavy (non-hydrogen) atoms. The summed E-state index contributed by atoms with van der Waals surface area (Å²) in [6.07, 6.45) is 0.0188. The molecule has 3 rings (SSSR count). The maximum absolute atomic E-state index is 6.25. The van der Waals surface area contributed by atoms with Crippen LogP contribution in [0.3, 0.4) is 0 Å². The van der Waals surface area contributed by atoms with Gasteiger partial charge in [-0.1, -0.05) is 60.7 Å². The van der Waals surface area contributed by atoms with Crippen LogP contribution in [0.2, 0.25) is 0 Å². The summed E-state index contributed by atoms with van der Waals surface area (Å²) in [6, 6.07) is 21.0. The average Bonchev–Trinajstić information content (AvgIpc) is 2.61. The van der Waals surface area contributed by atoms with Crippen molar-refractivity contribution in [2.24, 2.45) is 0 Å². The molecule has 124 valence electrons. The molecule has 0 atom stereocenters. The van der Waals surface area contributed by atoms with E-state index in [4.69, 9.17) is 4.74 Å². The number of nitrogens with zero attached hydrogens (tertiary/aromatic N) is 1. The van der Waals surface area contributed by atoms with Crippen LogP contribution >= 0.6 is 12.4 Å².